The molecule has 1 atom stereocenters. The molecule has 1 heterocycles. The molecule has 1 aromatic heterocycles. The van der Waals surface area contributed by atoms with E-state index < -0.39 is 17.7 Å². The van der Waals surface area contributed by atoms with E-state index in [1.807, 2.05) is 30.3 Å². The first-order valence-electron chi connectivity index (χ1n) is 6.46. The first kappa shape index (κ1) is 13.5. The SMILES string of the molecule is NC(c1cnn(-c2ccccc2)c1)c1c(F)cccc1F. The zero-order chi connectivity index (χ0) is 14.8. The number of hydrogen-bond donors (Lipinski definition) is 1. The van der Waals surface area contributed by atoms with Gasteiger partial charge in [-0.3, -0.25) is 0 Å². The maximum absolute atomic E-state index is 13.8. The molecule has 0 aliphatic heterocycles. The fraction of sp³-hybridized carbons (Fsp3) is 0.0625. The van der Waals surface area contributed by atoms with Crippen molar-refractivity contribution in [3.8, 4) is 5.69 Å². The van der Waals surface area contributed by atoms with Crippen molar-refractivity contribution >= 4 is 0 Å². The van der Waals surface area contributed by atoms with Gasteiger partial charge in [-0.05, 0) is 24.3 Å². The molecule has 21 heavy (non-hydrogen) atoms. The summed E-state index contributed by atoms with van der Waals surface area (Å²) in [6.07, 6.45) is 3.19. The number of rotatable bonds is 3. The van der Waals surface area contributed by atoms with Gasteiger partial charge in [0.1, 0.15) is 11.6 Å². The fourth-order valence-electron chi connectivity index (χ4n) is 2.19. The van der Waals surface area contributed by atoms with Crippen molar-refractivity contribution in [2.45, 2.75) is 6.04 Å². The van der Waals surface area contributed by atoms with E-state index >= 15 is 0 Å². The minimum atomic E-state index is -0.899. The van der Waals surface area contributed by atoms with Crippen molar-refractivity contribution < 1.29 is 8.78 Å². The second-order valence-corrected chi connectivity index (χ2v) is 4.67. The van der Waals surface area contributed by atoms with Crippen LogP contribution < -0.4 is 5.73 Å². The molecule has 0 aliphatic rings. The highest BCUT2D eigenvalue weighted by atomic mass is 19.1. The van der Waals surface area contributed by atoms with Gasteiger partial charge in [0.25, 0.3) is 0 Å². The third-order valence-corrected chi connectivity index (χ3v) is 3.29. The summed E-state index contributed by atoms with van der Waals surface area (Å²) >= 11 is 0. The highest BCUT2D eigenvalue weighted by molar-refractivity contribution is 5.35. The van der Waals surface area contributed by atoms with E-state index in [4.69, 9.17) is 5.73 Å². The third kappa shape index (κ3) is 2.55. The van der Waals surface area contributed by atoms with Gasteiger partial charge in [0.05, 0.1) is 17.9 Å². The van der Waals surface area contributed by atoms with E-state index in [0.29, 0.717) is 5.56 Å². The molecule has 3 nitrogen and oxygen atoms in total. The van der Waals surface area contributed by atoms with E-state index in [9.17, 15) is 8.78 Å². The molecule has 5 heteroatoms. The number of aromatic nitrogens is 2. The zero-order valence-corrected chi connectivity index (χ0v) is 11.1. The Balaban J connectivity index is 1.97. The summed E-state index contributed by atoms with van der Waals surface area (Å²) in [6, 6.07) is 12.2. The highest BCUT2D eigenvalue weighted by Crippen LogP contribution is 2.25. The Morgan fingerprint density at radius 1 is 0.952 bits per heavy atom. The van der Waals surface area contributed by atoms with Crippen LogP contribution >= 0.6 is 0 Å². The second kappa shape index (κ2) is 5.46. The van der Waals surface area contributed by atoms with Crippen LogP contribution in [0.1, 0.15) is 17.2 Å². The number of para-hydroxylation sites is 1. The average molecular weight is 285 g/mol. The molecule has 0 bridgehead atoms. The molecule has 0 amide bonds. The lowest BCUT2D eigenvalue weighted by atomic mass is 10.0. The molecule has 0 saturated carbocycles. The first-order valence-corrected chi connectivity index (χ1v) is 6.46. The molecule has 0 fully saturated rings. The lowest BCUT2D eigenvalue weighted by molar-refractivity contribution is 0.543. The number of halogens is 2. The Morgan fingerprint density at radius 2 is 1.62 bits per heavy atom. The third-order valence-electron chi connectivity index (χ3n) is 3.29. The van der Waals surface area contributed by atoms with E-state index in [1.54, 1.807) is 10.9 Å². The Labute approximate surface area is 120 Å². The summed E-state index contributed by atoms with van der Waals surface area (Å²) in [7, 11) is 0. The molecule has 3 aromatic rings. The molecular formula is C16H13F2N3. The number of hydrogen-bond acceptors (Lipinski definition) is 2. The molecule has 0 spiro atoms. The topological polar surface area (TPSA) is 43.8 Å². The Kier molecular flexibility index (Phi) is 3.50. The molecule has 0 saturated heterocycles. The molecule has 1 unspecified atom stereocenters. The molecule has 0 radical (unpaired) electrons. The second-order valence-electron chi connectivity index (χ2n) is 4.67. The maximum atomic E-state index is 13.8. The largest absolute Gasteiger partial charge is 0.320 e. The summed E-state index contributed by atoms with van der Waals surface area (Å²) in [6.45, 7) is 0. The van der Waals surface area contributed by atoms with Gasteiger partial charge in [0.2, 0.25) is 0 Å². The zero-order valence-electron chi connectivity index (χ0n) is 11.1. The van der Waals surface area contributed by atoms with E-state index in [-0.39, 0.29) is 5.56 Å². The molecule has 2 N–H and O–H groups in total. The number of nitrogens with zero attached hydrogens (tertiary/aromatic N) is 2. The summed E-state index contributed by atoms with van der Waals surface area (Å²) in [5.74, 6) is -1.31. The number of benzene rings is 2. The van der Waals surface area contributed by atoms with Gasteiger partial charge in [0.15, 0.2) is 0 Å². The van der Waals surface area contributed by atoms with E-state index in [1.165, 1.54) is 24.4 Å². The predicted molar refractivity (Wildman–Crippen MR) is 76.0 cm³/mol. The standard InChI is InChI=1S/C16H13F2N3/c17-13-7-4-8-14(18)15(13)16(19)11-9-20-21(10-11)12-5-2-1-3-6-12/h1-10,16H,19H2. The lowest BCUT2D eigenvalue weighted by Gasteiger charge is -2.11. The summed E-state index contributed by atoms with van der Waals surface area (Å²) in [5, 5.41) is 4.18. The predicted octanol–water partition coefficient (Wildman–Crippen LogP) is 3.20. The maximum Gasteiger partial charge on any atom is 0.131 e. The first-order chi connectivity index (χ1) is 10.2. The van der Waals surface area contributed by atoms with Gasteiger partial charge in [-0.2, -0.15) is 5.10 Å². The molecule has 0 aliphatic carbocycles. The molecule has 2 aromatic carbocycles. The Bertz CT molecular complexity index is 733. The van der Waals surface area contributed by atoms with Gasteiger partial charge >= 0.3 is 0 Å². The number of nitrogens with two attached hydrogens (primary N) is 1. The van der Waals surface area contributed by atoms with Crippen LogP contribution in [0.15, 0.2) is 60.9 Å². The monoisotopic (exact) mass is 285 g/mol. The van der Waals surface area contributed by atoms with Gasteiger partial charge < -0.3 is 5.73 Å². The van der Waals surface area contributed by atoms with Crippen LogP contribution in [0, 0.1) is 11.6 Å². The van der Waals surface area contributed by atoms with E-state index in [0.717, 1.165) is 5.69 Å². The van der Waals surface area contributed by atoms with Gasteiger partial charge in [-0.1, -0.05) is 24.3 Å². The Morgan fingerprint density at radius 3 is 2.29 bits per heavy atom. The summed E-state index contributed by atoms with van der Waals surface area (Å²) in [5.41, 5.74) is 7.22. The van der Waals surface area contributed by atoms with Crippen LogP contribution in [0.2, 0.25) is 0 Å². The van der Waals surface area contributed by atoms with Crippen LogP contribution in [0.4, 0.5) is 8.78 Å². The lowest BCUT2D eigenvalue weighted by Crippen LogP contribution is -2.15. The smallest absolute Gasteiger partial charge is 0.131 e. The normalized spacial score (nSPS) is 12.3. The van der Waals surface area contributed by atoms with Crippen LogP contribution in [0.3, 0.4) is 0 Å². The van der Waals surface area contributed by atoms with Crippen LogP contribution in [0.5, 0.6) is 0 Å². The summed E-state index contributed by atoms with van der Waals surface area (Å²) < 4.78 is 29.2. The highest BCUT2D eigenvalue weighted by Gasteiger charge is 2.19. The van der Waals surface area contributed by atoms with Crippen molar-refractivity contribution in [3.63, 3.8) is 0 Å². The van der Waals surface area contributed by atoms with E-state index in [2.05, 4.69) is 5.10 Å². The van der Waals surface area contributed by atoms with Crippen molar-refractivity contribution in [2.75, 3.05) is 0 Å². The van der Waals surface area contributed by atoms with Crippen LogP contribution in [0.25, 0.3) is 5.69 Å². The minimum absolute atomic E-state index is 0.148. The quantitative estimate of drug-likeness (QED) is 0.803. The molecule has 106 valence electrons. The summed E-state index contributed by atoms with van der Waals surface area (Å²) in [4.78, 5) is 0. The van der Waals surface area contributed by atoms with Gasteiger partial charge in [0, 0.05) is 17.3 Å². The van der Waals surface area contributed by atoms with Gasteiger partial charge in [-0.25, -0.2) is 13.5 Å². The van der Waals surface area contributed by atoms with Crippen molar-refractivity contribution in [1.82, 2.24) is 9.78 Å². The Hall–Kier alpha value is -2.53. The van der Waals surface area contributed by atoms with Crippen LogP contribution in [-0.2, 0) is 0 Å². The van der Waals surface area contributed by atoms with Crippen molar-refractivity contribution in [3.05, 3.63) is 83.7 Å². The van der Waals surface area contributed by atoms with Crippen LogP contribution in [-0.4, -0.2) is 9.78 Å². The molecular weight excluding hydrogens is 272 g/mol. The minimum Gasteiger partial charge on any atom is -0.320 e. The fourth-order valence-corrected chi connectivity index (χ4v) is 2.19. The average Bonchev–Trinajstić information content (AvgIpc) is 2.97. The van der Waals surface area contributed by atoms with Gasteiger partial charge in [-0.15, -0.1) is 0 Å². The van der Waals surface area contributed by atoms with Crippen molar-refractivity contribution in [2.24, 2.45) is 5.73 Å². The molecule has 3 rings (SSSR count). The van der Waals surface area contributed by atoms with Crippen molar-refractivity contribution in [1.29, 1.82) is 0 Å².